The van der Waals surface area contributed by atoms with Gasteiger partial charge in [-0.2, -0.15) is 0 Å². The van der Waals surface area contributed by atoms with Gasteiger partial charge in [0.2, 0.25) is 0 Å². The highest BCUT2D eigenvalue weighted by Gasteiger charge is 2.13. The first-order valence-corrected chi connectivity index (χ1v) is 8.11. The molecule has 0 bridgehead atoms. The molecule has 0 aliphatic carbocycles. The summed E-state index contributed by atoms with van der Waals surface area (Å²) in [5, 5.41) is 0.457. The van der Waals surface area contributed by atoms with Crippen LogP contribution in [0.15, 0.2) is 69.4 Å². The van der Waals surface area contributed by atoms with Crippen LogP contribution in [0.25, 0.3) is 27.5 Å². The molecule has 0 amide bonds. The number of para-hydroxylation sites is 2. The summed E-state index contributed by atoms with van der Waals surface area (Å²) in [6.07, 6.45) is 0. The van der Waals surface area contributed by atoms with Crippen molar-refractivity contribution in [2.24, 2.45) is 0 Å². The van der Waals surface area contributed by atoms with Crippen molar-refractivity contribution in [2.75, 3.05) is 0 Å². The Bertz CT molecular complexity index is 1320. The molecule has 3 aromatic carbocycles. The van der Waals surface area contributed by atoms with Crippen molar-refractivity contribution >= 4 is 65.3 Å². The van der Waals surface area contributed by atoms with Crippen molar-refractivity contribution < 1.29 is 11.0 Å². The topological polar surface area (TPSA) is 4.93 Å². The molecule has 0 aliphatic heterocycles. The fourth-order valence-corrected chi connectivity index (χ4v) is 3.62. The summed E-state index contributed by atoms with van der Waals surface area (Å²) in [6.45, 7) is 0. The van der Waals surface area contributed by atoms with Gasteiger partial charge in [-0.1, -0.05) is 47.9 Å². The van der Waals surface area contributed by atoms with E-state index >= 15 is 0 Å². The number of hydrogen-bond acceptors (Lipinski definition) is 0. The first kappa shape index (κ1) is 8.00. The summed E-state index contributed by atoms with van der Waals surface area (Å²) in [5.74, 6) is 0. The van der Waals surface area contributed by atoms with Crippen LogP contribution in [-0.2, 0) is 0 Å². The molecule has 0 aliphatic rings. The molecule has 0 radical (unpaired) electrons. The summed E-state index contributed by atoms with van der Waals surface area (Å²) in [4.78, 5) is 0. The van der Waals surface area contributed by atoms with Gasteiger partial charge in [0, 0.05) is 25.4 Å². The predicted molar refractivity (Wildman–Crippen MR) is 101 cm³/mol. The third-order valence-corrected chi connectivity index (χ3v) is 5.37. The Balaban J connectivity index is 2.42. The molecule has 1 nitrogen and oxygen atoms in total. The maximum atomic E-state index is 8.47. The maximum absolute atomic E-state index is 8.47. The number of halogens is 3. The lowest BCUT2D eigenvalue weighted by atomic mass is 10.2. The molecule has 0 saturated carbocycles. The zero-order valence-corrected chi connectivity index (χ0v) is 14.7. The third-order valence-electron chi connectivity index (χ3n) is 3.26. The Labute approximate surface area is 161 Å². The Morgan fingerprint density at radius 2 is 1.27 bits per heavy atom. The zero-order chi connectivity index (χ0) is 22.2. The van der Waals surface area contributed by atoms with Gasteiger partial charge in [-0.25, -0.2) is 0 Å². The molecule has 0 fully saturated rings. The van der Waals surface area contributed by atoms with Gasteiger partial charge in [-0.15, -0.1) is 0 Å². The molecule has 108 valence electrons. The number of fused-ring (bicyclic) bond motifs is 3. The standard InChI is InChI=1S/C18H10Br2ClN/c19-14-9-11(10-15(20)18(14)21)22-16-7-3-1-5-12(16)13-6-2-4-8-17(13)22/h1-10H/i1D,2D,3D,4D,5D,6D,7D,8D. The second-order valence-corrected chi connectivity index (χ2v) is 6.59. The summed E-state index contributed by atoms with van der Waals surface area (Å²) >= 11 is 12.9. The molecular formula is C18H10Br2ClN. The molecule has 22 heavy (non-hydrogen) atoms. The second-order valence-electron chi connectivity index (χ2n) is 4.51. The molecule has 4 rings (SSSR count). The highest BCUT2D eigenvalue weighted by molar-refractivity contribution is 9.11. The molecule has 0 atom stereocenters. The molecule has 0 saturated heterocycles. The average Bonchev–Trinajstić information content (AvgIpc) is 3.07. The van der Waals surface area contributed by atoms with E-state index in [1.54, 1.807) is 12.1 Å². The van der Waals surface area contributed by atoms with Crippen LogP contribution in [0.2, 0.25) is 5.02 Å². The van der Waals surface area contributed by atoms with Gasteiger partial charge >= 0.3 is 0 Å². The van der Waals surface area contributed by atoms with E-state index < -0.39 is 24.2 Å². The molecule has 0 spiro atoms. The Hall–Kier alpha value is -1.29. The molecule has 0 unspecified atom stereocenters. The monoisotopic (exact) mass is 441 g/mol. The number of nitrogens with zero attached hydrogens (tertiary/aromatic N) is 1. The Kier molecular flexibility index (Phi) is 1.97. The van der Waals surface area contributed by atoms with E-state index in [1.165, 1.54) is 4.57 Å². The number of hydrogen-bond donors (Lipinski definition) is 0. The van der Waals surface area contributed by atoms with Gasteiger partial charge in [-0.05, 0) is 56.1 Å². The van der Waals surface area contributed by atoms with Gasteiger partial charge in [-0.3, -0.25) is 0 Å². The van der Waals surface area contributed by atoms with Crippen molar-refractivity contribution in [1.82, 2.24) is 4.57 Å². The van der Waals surface area contributed by atoms with Crippen LogP contribution in [-0.4, -0.2) is 4.57 Å². The van der Waals surface area contributed by atoms with E-state index in [1.807, 2.05) is 0 Å². The maximum Gasteiger partial charge on any atom is 0.0691 e. The van der Waals surface area contributed by atoms with E-state index in [2.05, 4.69) is 31.9 Å². The molecule has 4 aromatic rings. The van der Waals surface area contributed by atoms with Crippen LogP contribution in [0.4, 0.5) is 0 Å². The van der Waals surface area contributed by atoms with E-state index in [0.29, 0.717) is 19.7 Å². The van der Waals surface area contributed by atoms with Crippen molar-refractivity contribution in [3.63, 3.8) is 0 Å². The summed E-state index contributed by atoms with van der Waals surface area (Å²) < 4.78 is 68.4. The minimum Gasteiger partial charge on any atom is -0.309 e. The van der Waals surface area contributed by atoms with E-state index in [9.17, 15) is 0 Å². The Morgan fingerprint density at radius 3 is 1.77 bits per heavy atom. The number of benzene rings is 3. The fourth-order valence-electron chi connectivity index (χ4n) is 2.35. The first-order valence-electron chi connectivity index (χ1n) is 10.1. The first-order chi connectivity index (χ1) is 14.0. The minimum absolute atomic E-state index is 0.0326. The fraction of sp³-hybridized carbons (Fsp3) is 0. The highest BCUT2D eigenvalue weighted by Crippen LogP contribution is 2.37. The molecule has 0 N–H and O–H groups in total. The lowest BCUT2D eigenvalue weighted by molar-refractivity contribution is 1.17. The lowest BCUT2D eigenvalue weighted by Crippen LogP contribution is -1.94. The Morgan fingerprint density at radius 1 is 0.818 bits per heavy atom. The minimum atomic E-state index is -0.475. The van der Waals surface area contributed by atoms with Crippen LogP contribution in [0.3, 0.4) is 0 Å². The van der Waals surface area contributed by atoms with Crippen molar-refractivity contribution in [3.05, 3.63) is 74.4 Å². The van der Waals surface area contributed by atoms with E-state index in [4.69, 9.17) is 22.6 Å². The summed E-state index contributed by atoms with van der Waals surface area (Å²) in [5.41, 5.74) is 0.529. The van der Waals surface area contributed by atoms with Gasteiger partial charge in [0.05, 0.1) is 27.0 Å². The molecule has 4 heteroatoms. The van der Waals surface area contributed by atoms with Crippen LogP contribution >= 0.6 is 43.5 Å². The van der Waals surface area contributed by atoms with Crippen LogP contribution in [0.1, 0.15) is 11.0 Å². The van der Waals surface area contributed by atoms with Crippen LogP contribution in [0.5, 0.6) is 0 Å². The normalized spacial score (nSPS) is 16.5. The predicted octanol–water partition coefficient (Wildman–Crippen LogP) is 6.96. The van der Waals surface area contributed by atoms with Gasteiger partial charge in [0.15, 0.2) is 0 Å². The smallest absolute Gasteiger partial charge is 0.0691 e. The number of rotatable bonds is 1. The largest absolute Gasteiger partial charge is 0.309 e. The van der Waals surface area contributed by atoms with Gasteiger partial charge in [0.1, 0.15) is 0 Å². The zero-order valence-electron chi connectivity index (χ0n) is 18.7. The van der Waals surface area contributed by atoms with Crippen molar-refractivity contribution in [3.8, 4) is 5.69 Å². The molecule has 1 aromatic heterocycles. The van der Waals surface area contributed by atoms with Crippen LogP contribution in [0, 0.1) is 0 Å². The van der Waals surface area contributed by atoms with E-state index in [0.717, 1.165) is 0 Å². The van der Waals surface area contributed by atoms with Crippen LogP contribution < -0.4 is 0 Å². The summed E-state index contributed by atoms with van der Waals surface area (Å²) in [7, 11) is 0. The highest BCUT2D eigenvalue weighted by atomic mass is 79.9. The second kappa shape index (κ2) is 5.41. The average molecular weight is 444 g/mol. The molecule has 1 heterocycles. The van der Waals surface area contributed by atoms with Gasteiger partial charge < -0.3 is 4.57 Å². The SMILES string of the molecule is [2H]c1c([2H])c([2H])c2c(c1[2H])c1c([2H])c([2H])c([2H])c([2H])c1n2-c1cc(Br)c(Cl)c(Br)c1. The third kappa shape index (κ3) is 2.11. The number of aromatic nitrogens is 1. The molecular weight excluding hydrogens is 425 g/mol. The quantitative estimate of drug-likeness (QED) is 0.280. The van der Waals surface area contributed by atoms with Gasteiger partial charge in [0.25, 0.3) is 0 Å². The van der Waals surface area contributed by atoms with E-state index in [-0.39, 0.29) is 46.0 Å². The lowest BCUT2D eigenvalue weighted by Gasteiger charge is -2.10. The summed E-state index contributed by atoms with van der Waals surface area (Å²) in [6, 6.07) is -0.0581. The van der Waals surface area contributed by atoms with Crippen molar-refractivity contribution in [1.29, 1.82) is 0 Å². The van der Waals surface area contributed by atoms with Crippen molar-refractivity contribution in [2.45, 2.75) is 0 Å².